The number of allylic oxidation sites excluding steroid dienone is 1. The largest absolute Gasteiger partial charge is 0.322 e. The first-order valence-corrected chi connectivity index (χ1v) is 10.3. The Morgan fingerprint density at radius 3 is 2.24 bits per heavy atom. The third-order valence-electron chi connectivity index (χ3n) is 4.53. The summed E-state index contributed by atoms with van der Waals surface area (Å²) in [6, 6.07) is 21.3. The Balaban J connectivity index is 1.72. The summed E-state index contributed by atoms with van der Waals surface area (Å²) >= 11 is 1.01. The van der Waals surface area contributed by atoms with E-state index < -0.39 is 27.1 Å². The van der Waals surface area contributed by atoms with Gasteiger partial charge in [0.25, 0.3) is 5.69 Å². The molecule has 3 aromatic carbocycles. The molecule has 164 valence electrons. The van der Waals surface area contributed by atoms with Crippen LogP contribution in [0.3, 0.4) is 0 Å². The highest BCUT2D eigenvalue weighted by molar-refractivity contribution is 8.05. The lowest BCUT2D eigenvalue weighted by Gasteiger charge is -2.11. The molecular weight excluding hydrogens is 446 g/mol. The van der Waals surface area contributed by atoms with Crippen LogP contribution in [0.2, 0.25) is 0 Å². The highest BCUT2D eigenvalue weighted by Gasteiger charge is 2.31. The molecule has 0 aromatic heterocycles. The van der Waals surface area contributed by atoms with E-state index >= 15 is 0 Å². The number of rotatable bonds is 6. The molecule has 1 aliphatic heterocycles. The summed E-state index contributed by atoms with van der Waals surface area (Å²) in [5.41, 5.74) is 0.939. The number of hydrogen-bond donors (Lipinski definition) is 1. The Labute approximate surface area is 191 Å². The first-order valence-electron chi connectivity index (χ1n) is 9.55. The van der Waals surface area contributed by atoms with Crippen molar-refractivity contribution in [1.82, 2.24) is 0 Å². The van der Waals surface area contributed by atoms with Crippen LogP contribution in [0.25, 0.3) is 0 Å². The Kier molecular flexibility index (Phi) is 6.13. The lowest BCUT2D eigenvalue weighted by Crippen LogP contribution is -2.10. The van der Waals surface area contributed by atoms with Crippen molar-refractivity contribution in [2.75, 3.05) is 9.73 Å². The van der Waals surface area contributed by atoms with Gasteiger partial charge < -0.3 is 5.32 Å². The minimum atomic E-state index is -0.704. The molecule has 4 rings (SSSR count). The number of benzene rings is 3. The van der Waals surface area contributed by atoms with Gasteiger partial charge in [-0.1, -0.05) is 48.5 Å². The fourth-order valence-electron chi connectivity index (χ4n) is 3.04. The van der Waals surface area contributed by atoms with Gasteiger partial charge in [0.2, 0.25) is 5.91 Å². The van der Waals surface area contributed by atoms with Crippen molar-refractivity contribution in [2.24, 2.45) is 5.10 Å². The number of carbonyl (C=O) groups is 1. The van der Waals surface area contributed by atoms with E-state index in [1.54, 1.807) is 48.5 Å². The maximum absolute atomic E-state index is 12.6. The fraction of sp³-hybridized carbons (Fsp3) is 0. The van der Waals surface area contributed by atoms with Crippen LogP contribution in [0.4, 0.5) is 22.7 Å². The highest BCUT2D eigenvalue weighted by Crippen LogP contribution is 2.42. The molecule has 11 heteroatoms. The summed E-state index contributed by atoms with van der Waals surface area (Å²) < 4.78 is 1.28. The zero-order chi connectivity index (χ0) is 23.4. The summed E-state index contributed by atoms with van der Waals surface area (Å²) in [6.07, 6.45) is 1.36. The number of non-ortho nitro benzene ring substituents is 1. The van der Waals surface area contributed by atoms with Gasteiger partial charge in [-0.15, -0.1) is 0 Å². The van der Waals surface area contributed by atoms with Gasteiger partial charge >= 0.3 is 5.69 Å². The minimum Gasteiger partial charge on any atom is -0.322 e. The molecule has 0 radical (unpaired) electrons. The van der Waals surface area contributed by atoms with E-state index in [1.807, 2.05) is 12.1 Å². The maximum Gasteiger partial charge on any atom is 0.302 e. The number of hydrazone groups is 1. The first kappa shape index (κ1) is 21.7. The second kappa shape index (κ2) is 9.32. The molecule has 33 heavy (non-hydrogen) atoms. The molecule has 0 bridgehead atoms. The van der Waals surface area contributed by atoms with Crippen LogP contribution in [0.5, 0.6) is 0 Å². The molecule has 0 fully saturated rings. The van der Waals surface area contributed by atoms with Crippen LogP contribution in [0, 0.1) is 20.2 Å². The summed E-state index contributed by atoms with van der Waals surface area (Å²) in [6.45, 7) is 0. The third-order valence-corrected chi connectivity index (χ3v) is 5.49. The smallest absolute Gasteiger partial charge is 0.302 e. The average molecular weight is 461 g/mol. The van der Waals surface area contributed by atoms with Gasteiger partial charge in [0, 0.05) is 35.3 Å². The van der Waals surface area contributed by atoms with Gasteiger partial charge in [-0.05, 0) is 18.2 Å². The number of amides is 1. The Hall–Kier alpha value is -4.51. The third kappa shape index (κ3) is 4.88. The van der Waals surface area contributed by atoms with Gasteiger partial charge in [-0.3, -0.25) is 25.0 Å². The molecule has 1 amide bonds. The van der Waals surface area contributed by atoms with Crippen molar-refractivity contribution in [2.45, 2.75) is 0 Å². The van der Waals surface area contributed by atoms with Crippen LogP contribution in [-0.2, 0) is 4.79 Å². The van der Waals surface area contributed by atoms with Crippen molar-refractivity contribution in [3.63, 3.8) is 0 Å². The van der Waals surface area contributed by atoms with Crippen molar-refractivity contribution < 1.29 is 14.6 Å². The number of carbonyl (C=O) groups excluding carboxylic acids is 1. The SMILES string of the molecule is O=C(/C=C1\SN(c2ccc([N+](=O)[O-])cc2[N+](=O)[O-])N=C1c1ccccc1)Nc1ccccc1. The molecule has 1 N–H and O–H groups in total. The highest BCUT2D eigenvalue weighted by atomic mass is 32.2. The fourth-order valence-corrected chi connectivity index (χ4v) is 4.01. The van der Waals surface area contributed by atoms with Crippen LogP contribution in [0.1, 0.15) is 5.56 Å². The number of nitrogens with zero attached hydrogens (tertiary/aromatic N) is 4. The van der Waals surface area contributed by atoms with Crippen LogP contribution >= 0.6 is 11.9 Å². The predicted octanol–water partition coefficient (Wildman–Crippen LogP) is 4.90. The number of nitrogens with one attached hydrogen (secondary N) is 1. The van der Waals surface area contributed by atoms with E-state index in [4.69, 9.17) is 0 Å². The molecule has 0 atom stereocenters. The molecule has 1 heterocycles. The van der Waals surface area contributed by atoms with Gasteiger partial charge in [0.1, 0.15) is 5.71 Å². The van der Waals surface area contributed by atoms with Crippen LogP contribution < -0.4 is 9.73 Å². The second-order valence-corrected chi connectivity index (χ2v) is 7.70. The van der Waals surface area contributed by atoms with Crippen molar-refractivity contribution in [1.29, 1.82) is 0 Å². The Bertz CT molecular complexity index is 1300. The molecule has 3 aromatic rings. The molecular formula is C22H15N5O5S. The second-order valence-electron chi connectivity index (χ2n) is 6.73. The zero-order valence-corrected chi connectivity index (χ0v) is 17.6. The van der Waals surface area contributed by atoms with E-state index in [0.717, 1.165) is 18.0 Å². The number of para-hydroxylation sites is 1. The van der Waals surface area contributed by atoms with Crippen molar-refractivity contribution >= 4 is 46.3 Å². The van der Waals surface area contributed by atoms with Crippen LogP contribution in [-0.4, -0.2) is 21.5 Å². The summed E-state index contributed by atoms with van der Waals surface area (Å²) in [5, 5.41) is 29.9. The zero-order valence-electron chi connectivity index (χ0n) is 16.8. The molecule has 0 aliphatic carbocycles. The van der Waals surface area contributed by atoms with Gasteiger partial charge in [0.15, 0.2) is 5.69 Å². The summed E-state index contributed by atoms with van der Waals surface area (Å²) in [7, 11) is 0. The quantitative estimate of drug-likeness (QED) is 0.239. The molecule has 1 aliphatic rings. The van der Waals surface area contributed by atoms with E-state index in [2.05, 4.69) is 10.4 Å². The number of anilines is 2. The van der Waals surface area contributed by atoms with E-state index in [9.17, 15) is 25.0 Å². The summed E-state index contributed by atoms with van der Waals surface area (Å²) in [5.74, 6) is -0.396. The Morgan fingerprint density at radius 1 is 0.939 bits per heavy atom. The van der Waals surface area contributed by atoms with Crippen molar-refractivity contribution in [3.05, 3.63) is 116 Å². The van der Waals surface area contributed by atoms with E-state index in [0.29, 0.717) is 21.9 Å². The lowest BCUT2D eigenvalue weighted by molar-refractivity contribution is -0.393. The van der Waals surface area contributed by atoms with Gasteiger partial charge in [-0.2, -0.15) is 9.52 Å². The minimum absolute atomic E-state index is 0.0518. The molecule has 10 nitrogen and oxygen atoms in total. The van der Waals surface area contributed by atoms with Crippen LogP contribution in [0.15, 0.2) is 94.9 Å². The predicted molar refractivity (Wildman–Crippen MR) is 126 cm³/mol. The lowest BCUT2D eigenvalue weighted by atomic mass is 10.1. The van der Waals surface area contributed by atoms with Gasteiger partial charge in [0.05, 0.1) is 20.8 Å². The standard InChI is InChI=1S/C22H15N5O5S/c28-21(23-16-9-5-2-6-10-16)14-20-22(15-7-3-1-4-8-15)24-25(33-20)18-12-11-17(26(29)30)13-19(18)27(31)32/h1-14H,(H,23,28)/b20-14-. The maximum atomic E-state index is 12.6. The normalized spacial score (nSPS) is 14.1. The topological polar surface area (TPSA) is 131 Å². The van der Waals surface area contributed by atoms with E-state index in [1.165, 1.54) is 22.6 Å². The number of nitro groups is 2. The van der Waals surface area contributed by atoms with E-state index in [-0.39, 0.29) is 5.69 Å². The van der Waals surface area contributed by atoms with Gasteiger partial charge in [-0.25, -0.2) is 0 Å². The Morgan fingerprint density at radius 2 is 1.61 bits per heavy atom. The molecule has 0 spiro atoms. The number of hydrogen-bond acceptors (Lipinski definition) is 8. The summed E-state index contributed by atoms with van der Waals surface area (Å²) in [4.78, 5) is 34.3. The molecule has 0 saturated carbocycles. The van der Waals surface area contributed by atoms with Crippen molar-refractivity contribution in [3.8, 4) is 0 Å². The number of nitro benzene ring substituents is 2. The first-order chi connectivity index (χ1) is 15.9. The molecule has 0 saturated heterocycles. The average Bonchev–Trinajstić information content (AvgIpc) is 3.23. The molecule has 0 unspecified atom stereocenters. The monoisotopic (exact) mass is 461 g/mol.